The summed E-state index contributed by atoms with van der Waals surface area (Å²) in [5.41, 5.74) is 8.61. The third-order valence-electron chi connectivity index (χ3n) is 6.62. The van der Waals surface area contributed by atoms with E-state index in [0.29, 0.717) is 33.4 Å². The summed E-state index contributed by atoms with van der Waals surface area (Å²) < 4.78 is 8.23. The van der Waals surface area contributed by atoms with Crippen LogP contribution in [0.25, 0.3) is 22.1 Å². The van der Waals surface area contributed by atoms with Crippen LogP contribution in [0.1, 0.15) is 46.5 Å². The van der Waals surface area contributed by atoms with Gasteiger partial charge in [-0.25, -0.2) is 4.98 Å². The number of aryl methyl sites for hydroxylation is 1. The van der Waals surface area contributed by atoms with Crippen molar-refractivity contribution >= 4 is 50.9 Å². The summed E-state index contributed by atoms with van der Waals surface area (Å²) in [6.45, 7) is 6.85. The molecule has 9 heteroatoms. The van der Waals surface area contributed by atoms with Crippen molar-refractivity contribution in [3.05, 3.63) is 97.2 Å². The first-order chi connectivity index (χ1) is 18.3. The van der Waals surface area contributed by atoms with Gasteiger partial charge in [0.1, 0.15) is 16.9 Å². The van der Waals surface area contributed by atoms with E-state index in [4.69, 9.17) is 26.7 Å². The second kappa shape index (κ2) is 10.7. The van der Waals surface area contributed by atoms with E-state index in [1.807, 2.05) is 75.4 Å². The summed E-state index contributed by atoms with van der Waals surface area (Å²) in [5, 5.41) is 0.755. The van der Waals surface area contributed by atoms with Gasteiger partial charge in [0.05, 0.1) is 16.9 Å². The van der Waals surface area contributed by atoms with Gasteiger partial charge < -0.3 is 15.1 Å². The van der Waals surface area contributed by atoms with Crippen molar-refractivity contribution in [3.8, 4) is 0 Å². The predicted octanol–water partition coefficient (Wildman–Crippen LogP) is 6.01. The lowest BCUT2D eigenvalue weighted by Gasteiger charge is -2.35. The van der Waals surface area contributed by atoms with Crippen molar-refractivity contribution in [2.24, 2.45) is 11.7 Å². The lowest BCUT2D eigenvalue weighted by molar-refractivity contribution is 0.0612. The number of halogens is 1. The highest BCUT2D eigenvalue weighted by Gasteiger charge is 2.33. The second-order valence-electron chi connectivity index (χ2n) is 9.69. The number of carbonyl (C=O) groups is 1. The number of benzene rings is 2. The highest BCUT2D eigenvalue weighted by Crippen LogP contribution is 2.33. The maximum absolute atomic E-state index is 14.0. The van der Waals surface area contributed by atoms with E-state index in [1.54, 1.807) is 15.5 Å². The number of hydrogen-bond donors (Lipinski definition) is 1. The molecular weight excluding hydrogens is 520 g/mol. The Morgan fingerprint density at radius 2 is 1.87 bits per heavy atom. The van der Waals surface area contributed by atoms with E-state index in [2.05, 4.69) is 0 Å². The molecule has 0 bridgehead atoms. The van der Waals surface area contributed by atoms with E-state index in [-0.39, 0.29) is 36.1 Å². The molecule has 0 aliphatic rings. The standard InChI is InChI=1S/C29H29ClN4O3S/c1-17(2)25(33(15-14-31)28(35)19-10-8-18(3)9-11-19)27-32-24-21-6-4-5-7-22(21)37-26(24)29(36)34(27)16-20-12-13-23(30)38-20/h4-13,17,25H,14-16,31H2,1-3H3. The van der Waals surface area contributed by atoms with Crippen LogP contribution in [0.5, 0.6) is 0 Å². The van der Waals surface area contributed by atoms with Gasteiger partial charge in [-0.3, -0.25) is 14.2 Å². The molecule has 0 spiro atoms. The Morgan fingerprint density at radius 3 is 2.53 bits per heavy atom. The van der Waals surface area contributed by atoms with Gasteiger partial charge in [0, 0.05) is 28.9 Å². The lowest BCUT2D eigenvalue weighted by Crippen LogP contribution is -2.43. The number of amides is 1. The summed E-state index contributed by atoms with van der Waals surface area (Å²) in [4.78, 5) is 35.5. The average Bonchev–Trinajstić information content (AvgIpc) is 3.49. The Morgan fingerprint density at radius 1 is 1.13 bits per heavy atom. The summed E-state index contributed by atoms with van der Waals surface area (Å²) in [6.07, 6.45) is 0. The Bertz CT molecular complexity index is 1670. The molecule has 0 aliphatic heterocycles. The third-order valence-corrected chi connectivity index (χ3v) is 7.83. The number of aromatic nitrogens is 2. The van der Waals surface area contributed by atoms with Crippen molar-refractivity contribution in [1.29, 1.82) is 0 Å². The zero-order valence-corrected chi connectivity index (χ0v) is 23.1. The lowest BCUT2D eigenvalue weighted by atomic mass is 9.99. The first-order valence-corrected chi connectivity index (χ1v) is 13.7. The van der Waals surface area contributed by atoms with Crippen LogP contribution >= 0.6 is 22.9 Å². The molecule has 3 heterocycles. The van der Waals surface area contributed by atoms with Gasteiger partial charge in [-0.15, -0.1) is 11.3 Å². The topological polar surface area (TPSA) is 94.4 Å². The van der Waals surface area contributed by atoms with Crippen LogP contribution in [0, 0.1) is 12.8 Å². The first kappa shape index (κ1) is 26.2. The maximum Gasteiger partial charge on any atom is 0.297 e. The van der Waals surface area contributed by atoms with Gasteiger partial charge in [0.15, 0.2) is 0 Å². The zero-order valence-electron chi connectivity index (χ0n) is 21.5. The van der Waals surface area contributed by atoms with Gasteiger partial charge >= 0.3 is 0 Å². The van der Waals surface area contributed by atoms with Gasteiger partial charge in [0.2, 0.25) is 5.58 Å². The molecule has 7 nitrogen and oxygen atoms in total. The molecule has 1 amide bonds. The van der Waals surface area contributed by atoms with Crippen LogP contribution < -0.4 is 11.3 Å². The molecule has 5 rings (SSSR count). The molecule has 196 valence electrons. The summed E-state index contributed by atoms with van der Waals surface area (Å²) in [6, 6.07) is 18.1. The fourth-order valence-corrected chi connectivity index (χ4v) is 5.90. The average molecular weight is 549 g/mol. The number of nitrogens with two attached hydrogens (primary N) is 1. The van der Waals surface area contributed by atoms with E-state index < -0.39 is 6.04 Å². The minimum Gasteiger partial charge on any atom is -0.448 e. The highest BCUT2D eigenvalue weighted by atomic mass is 35.5. The molecule has 0 radical (unpaired) electrons. The van der Waals surface area contributed by atoms with Gasteiger partial charge in [-0.2, -0.15) is 0 Å². The molecule has 3 aromatic heterocycles. The molecule has 0 aliphatic carbocycles. The number of nitrogens with zero attached hydrogens (tertiary/aromatic N) is 3. The van der Waals surface area contributed by atoms with Crippen LogP contribution in [-0.4, -0.2) is 33.4 Å². The van der Waals surface area contributed by atoms with E-state index in [1.165, 1.54) is 11.3 Å². The number of hydrogen-bond acceptors (Lipinski definition) is 6. The van der Waals surface area contributed by atoms with Crippen molar-refractivity contribution in [3.63, 3.8) is 0 Å². The number of furan rings is 1. The van der Waals surface area contributed by atoms with Crippen LogP contribution in [0.15, 0.2) is 69.9 Å². The summed E-state index contributed by atoms with van der Waals surface area (Å²) in [7, 11) is 0. The largest absolute Gasteiger partial charge is 0.448 e. The fourth-order valence-electron chi connectivity index (χ4n) is 4.83. The molecule has 5 aromatic rings. The van der Waals surface area contributed by atoms with Gasteiger partial charge in [-0.1, -0.05) is 55.3 Å². The maximum atomic E-state index is 14.0. The van der Waals surface area contributed by atoms with Crippen LogP contribution in [-0.2, 0) is 6.54 Å². The minimum atomic E-state index is -0.520. The van der Waals surface area contributed by atoms with Crippen molar-refractivity contribution in [2.75, 3.05) is 13.1 Å². The van der Waals surface area contributed by atoms with Crippen LogP contribution in [0.4, 0.5) is 0 Å². The zero-order chi connectivity index (χ0) is 27.0. The highest BCUT2D eigenvalue weighted by molar-refractivity contribution is 7.16. The van der Waals surface area contributed by atoms with Gasteiger partial charge in [0.25, 0.3) is 11.5 Å². The SMILES string of the molecule is Cc1ccc(C(=O)N(CCN)C(c2nc3c(oc4ccccc43)c(=O)n2Cc2ccc(Cl)s2)C(C)C)cc1. The Kier molecular flexibility index (Phi) is 7.38. The van der Waals surface area contributed by atoms with Crippen LogP contribution in [0.2, 0.25) is 4.34 Å². The number of thiophene rings is 1. The smallest absolute Gasteiger partial charge is 0.297 e. The first-order valence-electron chi connectivity index (χ1n) is 12.5. The number of rotatable bonds is 8. The number of carbonyl (C=O) groups excluding carboxylic acids is 1. The molecule has 0 fully saturated rings. The molecule has 2 aromatic carbocycles. The molecule has 38 heavy (non-hydrogen) atoms. The molecule has 0 saturated carbocycles. The fraction of sp³-hybridized carbons (Fsp3) is 0.276. The van der Waals surface area contributed by atoms with Crippen molar-refractivity contribution < 1.29 is 9.21 Å². The molecule has 1 atom stereocenters. The van der Waals surface area contributed by atoms with E-state index >= 15 is 0 Å². The molecule has 2 N–H and O–H groups in total. The van der Waals surface area contributed by atoms with E-state index in [0.717, 1.165) is 15.8 Å². The van der Waals surface area contributed by atoms with Crippen molar-refractivity contribution in [2.45, 2.75) is 33.4 Å². The van der Waals surface area contributed by atoms with E-state index in [9.17, 15) is 9.59 Å². The minimum absolute atomic E-state index is 0.0726. The second-order valence-corrected chi connectivity index (χ2v) is 11.5. The molecular formula is C29H29ClN4O3S. The molecule has 1 unspecified atom stereocenters. The summed E-state index contributed by atoms with van der Waals surface area (Å²) >= 11 is 7.61. The van der Waals surface area contributed by atoms with Gasteiger partial charge in [-0.05, 0) is 49.2 Å². The number of para-hydroxylation sites is 1. The normalized spacial score (nSPS) is 12.5. The summed E-state index contributed by atoms with van der Waals surface area (Å²) in [5.74, 6) is 0.255. The van der Waals surface area contributed by atoms with Crippen molar-refractivity contribution in [1.82, 2.24) is 14.5 Å². The molecule has 0 saturated heterocycles. The quantitative estimate of drug-likeness (QED) is 0.256. The Balaban J connectivity index is 1.75. The predicted molar refractivity (Wildman–Crippen MR) is 153 cm³/mol. The van der Waals surface area contributed by atoms with Crippen LogP contribution in [0.3, 0.4) is 0 Å². The number of fused-ring (bicyclic) bond motifs is 3. The Labute approximate surface area is 229 Å². The monoisotopic (exact) mass is 548 g/mol. The third kappa shape index (κ3) is 4.87. The Hall–Kier alpha value is -3.46.